The summed E-state index contributed by atoms with van der Waals surface area (Å²) in [5, 5.41) is 0. The fourth-order valence-electron chi connectivity index (χ4n) is 4.18. The van der Waals surface area contributed by atoms with Crippen molar-refractivity contribution in [1.82, 2.24) is 9.55 Å². The molecule has 0 bridgehead atoms. The second-order valence-electron chi connectivity index (χ2n) is 8.50. The highest BCUT2D eigenvalue weighted by Crippen LogP contribution is 2.39. The number of halogens is 3. The van der Waals surface area contributed by atoms with E-state index in [0.717, 1.165) is 37.4 Å². The van der Waals surface area contributed by atoms with Crippen LogP contribution in [0.15, 0.2) is 83.9 Å². The Balaban J connectivity index is 1.76. The lowest BCUT2D eigenvalue weighted by molar-refractivity contribution is -0.137. The molecule has 0 amide bonds. The highest BCUT2D eigenvalue weighted by Gasteiger charge is 2.35. The lowest BCUT2D eigenvalue weighted by atomic mass is 10.0. The van der Waals surface area contributed by atoms with Crippen LogP contribution in [0.3, 0.4) is 0 Å². The van der Waals surface area contributed by atoms with E-state index < -0.39 is 21.6 Å². The fourth-order valence-corrected chi connectivity index (χ4v) is 5.07. The van der Waals surface area contributed by atoms with E-state index in [2.05, 4.69) is 4.98 Å². The van der Waals surface area contributed by atoms with Crippen molar-refractivity contribution in [3.63, 3.8) is 0 Å². The molecule has 5 rings (SSSR count). The molecule has 1 aromatic heterocycles. The van der Waals surface area contributed by atoms with Crippen molar-refractivity contribution in [1.29, 1.82) is 0 Å². The maximum atomic E-state index is 13.9. The monoisotopic (exact) mass is 497 g/mol. The molecule has 0 spiro atoms. The predicted octanol–water partition coefficient (Wildman–Crippen LogP) is 5.84. The molecule has 1 aliphatic rings. The third-order valence-electron chi connectivity index (χ3n) is 6.07. The number of alkyl halides is 3. The molecular formula is C26H22F3N3O2S. The van der Waals surface area contributed by atoms with Crippen LogP contribution >= 0.6 is 0 Å². The number of imidazole rings is 1. The molecule has 0 atom stereocenters. The van der Waals surface area contributed by atoms with E-state index in [9.17, 15) is 21.6 Å². The number of hydrogen-bond acceptors (Lipinski definition) is 4. The first-order chi connectivity index (χ1) is 16.6. The van der Waals surface area contributed by atoms with E-state index in [1.54, 1.807) is 24.4 Å². The standard InChI is InChI=1S/C26H22F3N3O2S/c1-35(33,34)23-16-19(18-8-3-2-4-9-18)12-13-22(23)32-17-24(31-14-7-15-31)30-25(32)20-10-5-6-11-21(20)26(27,28)29/h2-6,8-13,16-17H,7,14-15H2,1H3. The van der Waals surface area contributed by atoms with E-state index >= 15 is 0 Å². The highest BCUT2D eigenvalue weighted by atomic mass is 32.2. The molecular weight excluding hydrogens is 475 g/mol. The summed E-state index contributed by atoms with van der Waals surface area (Å²) in [6, 6.07) is 19.5. The number of rotatable bonds is 5. The first kappa shape index (κ1) is 23.2. The van der Waals surface area contributed by atoms with Gasteiger partial charge in [0, 0.05) is 24.9 Å². The van der Waals surface area contributed by atoms with Gasteiger partial charge < -0.3 is 4.90 Å². The molecule has 9 heteroatoms. The summed E-state index contributed by atoms with van der Waals surface area (Å²) >= 11 is 0. The summed E-state index contributed by atoms with van der Waals surface area (Å²) in [6.45, 7) is 1.48. The molecule has 1 fully saturated rings. The Morgan fingerprint density at radius 1 is 0.886 bits per heavy atom. The van der Waals surface area contributed by atoms with Gasteiger partial charge in [-0.15, -0.1) is 0 Å². The second-order valence-corrected chi connectivity index (χ2v) is 10.5. The Morgan fingerprint density at radius 3 is 2.20 bits per heavy atom. The molecule has 4 aromatic rings. The molecule has 0 unspecified atom stereocenters. The minimum absolute atomic E-state index is 0.0113. The van der Waals surface area contributed by atoms with Crippen molar-refractivity contribution in [2.24, 2.45) is 0 Å². The van der Waals surface area contributed by atoms with Crippen molar-refractivity contribution in [3.8, 4) is 28.2 Å². The van der Waals surface area contributed by atoms with Crippen molar-refractivity contribution in [2.45, 2.75) is 17.5 Å². The van der Waals surface area contributed by atoms with Crippen molar-refractivity contribution < 1.29 is 21.6 Å². The minimum Gasteiger partial charge on any atom is -0.355 e. The van der Waals surface area contributed by atoms with Crippen molar-refractivity contribution in [2.75, 3.05) is 24.2 Å². The summed E-state index contributed by atoms with van der Waals surface area (Å²) in [4.78, 5) is 6.52. The topological polar surface area (TPSA) is 55.2 Å². The highest BCUT2D eigenvalue weighted by molar-refractivity contribution is 7.90. The smallest absolute Gasteiger partial charge is 0.355 e. The number of aromatic nitrogens is 2. The number of benzene rings is 3. The molecule has 1 saturated heterocycles. The van der Waals surface area contributed by atoms with Crippen LogP contribution < -0.4 is 4.90 Å². The van der Waals surface area contributed by atoms with Gasteiger partial charge in [-0.1, -0.05) is 54.6 Å². The van der Waals surface area contributed by atoms with Crippen LogP contribution in [0, 0.1) is 0 Å². The van der Waals surface area contributed by atoms with E-state index in [1.165, 1.54) is 22.8 Å². The average Bonchev–Trinajstić information content (AvgIpc) is 3.21. The SMILES string of the molecule is CS(=O)(=O)c1cc(-c2ccccc2)ccc1-n1cc(N2CCC2)nc1-c1ccccc1C(F)(F)F. The number of sulfone groups is 1. The van der Waals surface area contributed by atoms with Crippen LogP contribution in [0.4, 0.5) is 19.0 Å². The van der Waals surface area contributed by atoms with E-state index in [-0.39, 0.29) is 22.0 Å². The summed E-state index contributed by atoms with van der Waals surface area (Å²) in [5.74, 6) is 0.548. The summed E-state index contributed by atoms with van der Waals surface area (Å²) in [7, 11) is -3.74. The fraction of sp³-hybridized carbons (Fsp3) is 0.192. The predicted molar refractivity (Wildman–Crippen MR) is 129 cm³/mol. The Labute approximate surface area is 201 Å². The number of hydrogen-bond donors (Lipinski definition) is 0. The lowest BCUT2D eigenvalue weighted by Crippen LogP contribution is -2.37. The molecule has 0 aliphatic carbocycles. The van der Waals surface area contributed by atoms with Crippen LogP contribution in [0.25, 0.3) is 28.2 Å². The van der Waals surface area contributed by atoms with Gasteiger partial charge in [0.2, 0.25) is 0 Å². The van der Waals surface area contributed by atoms with Gasteiger partial charge in [-0.2, -0.15) is 13.2 Å². The van der Waals surface area contributed by atoms with Crippen LogP contribution in [0.2, 0.25) is 0 Å². The van der Waals surface area contributed by atoms with Gasteiger partial charge >= 0.3 is 6.18 Å². The average molecular weight is 498 g/mol. The number of nitrogens with zero attached hydrogens (tertiary/aromatic N) is 3. The lowest BCUT2D eigenvalue weighted by Gasteiger charge is -2.30. The zero-order valence-electron chi connectivity index (χ0n) is 18.8. The quantitative estimate of drug-likeness (QED) is 0.348. The normalized spacial score (nSPS) is 14.1. The molecule has 0 radical (unpaired) electrons. The maximum Gasteiger partial charge on any atom is 0.417 e. The Bertz CT molecular complexity index is 1490. The third-order valence-corrected chi connectivity index (χ3v) is 7.20. The first-order valence-electron chi connectivity index (χ1n) is 11.0. The Morgan fingerprint density at radius 2 is 1.57 bits per heavy atom. The molecule has 180 valence electrons. The summed E-state index contributed by atoms with van der Waals surface area (Å²) in [5.41, 5.74) is 0.828. The van der Waals surface area contributed by atoms with Gasteiger partial charge in [-0.3, -0.25) is 4.57 Å². The Hall–Kier alpha value is -3.59. The van der Waals surface area contributed by atoms with Crippen LogP contribution in [0.5, 0.6) is 0 Å². The molecule has 35 heavy (non-hydrogen) atoms. The van der Waals surface area contributed by atoms with Gasteiger partial charge in [0.15, 0.2) is 9.84 Å². The van der Waals surface area contributed by atoms with Gasteiger partial charge in [0.05, 0.1) is 22.3 Å². The number of anilines is 1. The summed E-state index contributed by atoms with van der Waals surface area (Å²) < 4.78 is 68.8. The molecule has 0 saturated carbocycles. The molecule has 0 N–H and O–H groups in total. The van der Waals surface area contributed by atoms with Gasteiger partial charge in [-0.05, 0) is 35.7 Å². The zero-order valence-corrected chi connectivity index (χ0v) is 19.6. The zero-order chi connectivity index (χ0) is 24.8. The molecule has 1 aliphatic heterocycles. The van der Waals surface area contributed by atoms with Crippen molar-refractivity contribution >= 4 is 15.7 Å². The van der Waals surface area contributed by atoms with Crippen LogP contribution in [-0.2, 0) is 16.0 Å². The van der Waals surface area contributed by atoms with E-state index in [0.29, 0.717) is 11.4 Å². The van der Waals surface area contributed by atoms with E-state index in [4.69, 9.17) is 0 Å². The van der Waals surface area contributed by atoms with Gasteiger partial charge in [0.25, 0.3) is 0 Å². The maximum absolute atomic E-state index is 13.9. The molecule has 2 heterocycles. The minimum atomic E-state index is -4.60. The molecule has 5 nitrogen and oxygen atoms in total. The first-order valence-corrected chi connectivity index (χ1v) is 12.9. The van der Waals surface area contributed by atoms with E-state index in [1.807, 2.05) is 35.2 Å². The van der Waals surface area contributed by atoms with Crippen LogP contribution in [-0.4, -0.2) is 37.3 Å². The molecule has 3 aromatic carbocycles. The largest absolute Gasteiger partial charge is 0.417 e. The second kappa shape index (κ2) is 8.57. The van der Waals surface area contributed by atoms with Gasteiger partial charge in [0.1, 0.15) is 11.6 Å². The van der Waals surface area contributed by atoms with Crippen molar-refractivity contribution in [3.05, 3.63) is 84.6 Å². The summed E-state index contributed by atoms with van der Waals surface area (Å²) in [6.07, 6.45) is -0.923. The third kappa shape index (κ3) is 4.43. The van der Waals surface area contributed by atoms with Crippen LogP contribution in [0.1, 0.15) is 12.0 Å². The Kier molecular flexibility index (Phi) is 5.67. The van der Waals surface area contributed by atoms with Gasteiger partial charge in [-0.25, -0.2) is 13.4 Å².